The molecule has 2 aromatic rings. The Hall–Kier alpha value is -1.18. The third-order valence-electron chi connectivity index (χ3n) is 2.89. The minimum atomic E-state index is -0.644. The summed E-state index contributed by atoms with van der Waals surface area (Å²) in [5, 5.41) is 13.0. The predicted octanol–water partition coefficient (Wildman–Crippen LogP) is 3.42. The Balaban J connectivity index is 1.70. The van der Waals surface area contributed by atoms with Crippen molar-refractivity contribution in [3.63, 3.8) is 0 Å². The molecule has 2 aromatic carbocycles. The van der Waals surface area contributed by atoms with E-state index in [0.29, 0.717) is 12.1 Å². The van der Waals surface area contributed by atoms with Crippen LogP contribution in [-0.4, -0.2) is 24.4 Å². The number of nitrogens with one attached hydrogen (secondary N) is 1. The second-order valence-electron chi connectivity index (χ2n) is 4.65. The van der Waals surface area contributed by atoms with Gasteiger partial charge in [0.1, 0.15) is 5.82 Å². The Morgan fingerprint density at radius 1 is 1.19 bits per heavy atom. The molecule has 112 valence electrons. The topological polar surface area (TPSA) is 41.5 Å². The number of halogens is 2. The van der Waals surface area contributed by atoms with Gasteiger partial charge in [0, 0.05) is 21.4 Å². The lowest BCUT2D eigenvalue weighted by Gasteiger charge is -2.13. The predicted molar refractivity (Wildman–Crippen MR) is 89.7 cm³/mol. The van der Waals surface area contributed by atoms with Gasteiger partial charge in [0.25, 0.3) is 0 Å². The fourth-order valence-electron chi connectivity index (χ4n) is 1.81. The number of benzene rings is 2. The summed E-state index contributed by atoms with van der Waals surface area (Å²) in [6, 6.07) is 14.3. The minimum absolute atomic E-state index is 0.158. The maximum absolute atomic E-state index is 13.4. The van der Waals surface area contributed by atoms with Gasteiger partial charge in [0.05, 0.1) is 19.3 Å². The van der Waals surface area contributed by atoms with Gasteiger partial charge in [0.2, 0.25) is 0 Å². The van der Waals surface area contributed by atoms with Gasteiger partial charge in [-0.25, -0.2) is 4.39 Å². The molecule has 0 radical (unpaired) electrons. The summed E-state index contributed by atoms with van der Waals surface area (Å²) >= 11 is 2.23. The Morgan fingerprint density at radius 2 is 2.00 bits per heavy atom. The highest BCUT2D eigenvalue weighted by Crippen LogP contribution is 2.12. The van der Waals surface area contributed by atoms with Crippen molar-refractivity contribution >= 4 is 28.3 Å². The fraction of sp³-hybridized carbons (Fsp3) is 0.250. The number of rotatable bonds is 7. The highest BCUT2D eigenvalue weighted by molar-refractivity contribution is 14.1. The third kappa shape index (κ3) is 5.61. The Labute approximate surface area is 137 Å². The smallest absolute Gasteiger partial charge is 0.128 e. The second kappa shape index (κ2) is 8.31. The maximum Gasteiger partial charge on any atom is 0.128 e. The molecule has 1 unspecified atom stereocenters. The van der Waals surface area contributed by atoms with E-state index >= 15 is 0 Å². The largest absolute Gasteiger partial charge is 0.389 e. The maximum atomic E-state index is 13.4. The molecule has 0 heterocycles. The van der Waals surface area contributed by atoms with Crippen LogP contribution in [0, 0.1) is 9.39 Å². The van der Waals surface area contributed by atoms with E-state index in [2.05, 4.69) is 27.9 Å². The van der Waals surface area contributed by atoms with E-state index in [1.54, 1.807) is 18.2 Å². The standard InChI is InChI=1S/C16H17FINO2/c17-16-7-2-1-4-12(16)10-21-11-15(20)9-19-14-6-3-5-13(18)8-14/h1-8,15,19-20H,9-11H2. The molecule has 0 bridgehead atoms. The first kappa shape index (κ1) is 16.2. The monoisotopic (exact) mass is 401 g/mol. The van der Waals surface area contributed by atoms with Gasteiger partial charge >= 0.3 is 0 Å². The summed E-state index contributed by atoms with van der Waals surface area (Å²) in [6.45, 7) is 0.704. The molecule has 1 atom stereocenters. The van der Waals surface area contributed by atoms with Crippen molar-refractivity contribution in [2.75, 3.05) is 18.5 Å². The number of anilines is 1. The van der Waals surface area contributed by atoms with Gasteiger partial charge in [-0.3, -0.25) is 0 Å². The number of aliphatic hydroxyl groups excluding tert-OH is 1. The van der Waals surface area contributed by atoms with Crippen LogP contribution in [0.15, 0.2) is 48.5 Å². The molecule has 21 heavy (non-hydrogen) atoms. The van der Waals surface area contributed by atoms with Crippen molar-refractivity contribution in [1.82, 2.24) is 0 Å². The van der Waals surface area contributed by atoms with Crippen molar-refractivity contribution in [3.05, 3.63) is 63.5 Å². The van der Waals surface area contributed by atoms with Gasteiger partial charge in [-0.1, -0.05) is 24.3 Å². The van der Waals surface area contributed by atoms with Crippen molar-refractivity contribution in [3.8, 4) is 0 Å². The first-order valence-corrected chi connectivity index (χ1v) is 7.71. The van der Waals surface area contributed by atoms with Gasteiger partial charge in [0.15, 0.2) is 0 Å². The summed E-state index contributed by atoms with van der Waals surface area (Å²) in [4.78, 5) is 0. The first-order valence-electron chi connectivity index (χ1n) is 6.64. The second-order valence-corrected chi connectivity index (χ2v) is 5.90. The minimum Gasteiger partial charge on any atom is -0.389 e. The lowest BCUT2D eigenvalue weighted by Crippen LogP contribution is -2.24. The number of hydrogen-bond acceptors (Lipinski definition) is 3. The van der Waals surface area contributed by atoms with Crippen molar-refractivity contribution in [2.45, 2.75) is 12.7 Å². The quantitative estimate of drug-likeness (QED) is 0.699. The fourth-order valence-corrected chi connectivity index (χ4v) is 2.36. The molecule has 0 aliphatic heterocycles. The molecule has 2 rings (SSSR count). The van der Waals surface area contributed by atoms with E-state index in [0.717, 1.165) is 9.26 Å². The zero-order chi connectivity index (χ0) is 15.1. The van der Waals surface area contributed by atoms with Gasteiger partial charge in [-0.15, -0.1) is 0 Å². The molecule has 0 fully saturated rings. The molecular weight excluding hydrogens is 384 g/mol. The molecule has 2 N–H and O–H groups in total. The SMILES string of the molecule is OC(CNc1cccc(I)c1)COCc1ccccc1F. The first-order chi connectivity index (χ1) is 10.1. The van der Waals surface area contributed by atoms with E-state index < -0.39 is 6.10 Å². The lowest BCUT2D eigenvalue weighted by molar-refractivity contribution is 0.0338. The van der Waals surface area contributed by atoms with E-state index in [1.165, 1.54) is 6.07 Å². The summed E-state index contributed by atoms with van der Waals surface area (Å²) in [5.74, 6) is -0.288. The molecule has 0 amide bonds. The zero-order valence-electron chi connectivity index (χ0n) is 11.4. The molecule has 0 aliphatic carbocycles. The van der Waals surface area contributed by atoms with Crippen molar-refractivity contribution in [1.29, 1.82) is 0 Å². The van der Waals surface area contributed by atoms with E-state index in [-0.39, 0.29) is 19.0 Å². The normalized spacial score (nSPS) is 12.1. The summed E-state index contributed by atoms with van der Waals surface area (Å²) in [7, 11) is 0. The van der Waals surface area contributed by atoms with Crippen molar-refractivity contribution in [2.24, 2.45) is 0 Å². The third-order valence-corrected chi connectivity index (χ3v) is 3.56. The highest BCUT2D eigenvalue weighted by Gasteiger charge is 2.06. The molecule has 0 aliphatic rings. The molecule has 5 heteroatoms. The van der Waals surface area contributed by atoms with Crippen LogP contribution in [0.4, 0.5) is 10.1 Å². The van der Waals surface area contributed by atoms with Crippen LogP contribution in [0.1, 0.15) is 5.56 Å². The molecule has 0 saturated carbocycles. The van der Waals surface area contributed by atoms with Crippen LogP contribution in [0.5, 0.6) is 0 Å². The Morgan fingerprint density at radius 3 is 2.76 bits per heavy atom. The van der Waals surface area contributed by atoms with Crippen LogP contribution in [0.2, 0.25) is 0 Å². The number of aliphatic hydroxyl groups is 1. The van der Waals surface area contributed by atoms with Crippen molar-refractivity contribution < 1.29 is 14.2 Å². The van der Waals surface area contributed by atoms with E-state index in [9.17, 15) is 9.50 Å². The van der Waals surface area contributed by atoms with Gasteiger partial charge in [-0.2, -0.15) is 0 Å². The average Bonchev–Trinajstić information content (AvgIpc) is 2.47. The molecule has 0 spiro atoms. The Bertz CT molecular complexity index is 580. The highest BCUT2D eigenvalue weighted by atomic mass is 127. The van der Waals surface area contributed by atoms with Crippen LogP contribution in [0.3, 0.4) is 0 Å². The van der Waals surface area contributed by atoms with Crippen LogP contribution >= 0.6 is 22.6 Å². The molecule has 0 saturated heterocycles. The van der Waals surface area contributed by atoms with Crippen LogP contribution < -0.4 is 5.32 Å². The zero-order valence-corrected chi connectivity index (χ0v) is 13.6. The summed E-state index contributed by atoms with van der Waals surface area (Å²) < 4.78 is 19.8. The van der Waals surface area contributed by atoms with Crippen LogP contribution in [-0.2, 0) is 11.3 Å². The molecule has 3 nitrogen and oxygen atoms in total. The van der Waals surface area contributed by atoms with Crippen LogP contribution in [0.25, 0.3) is 0 Å². The van der Waals surface area contributed by atoms with Gasteiger partial charge < -0.3 is 15.2 Å². The summed E-state index contributed by atoms with van der Waals surface area (Å²) in [6.07, 6.45) is -0.644. The Kier molecular flexibility index (Phi) is 6.41. The van der Waals surface area contributed by atoms with E-state index in [4.69, 9.17) is 4.74 Å². The number of ether oxygens (including phenoxy) is 1. The number of hydrogen-bond donors (Lipinski definition) is 2. The van der Waals surface area contributed by atoms with Gasteiger partial charge in [-0.05, 0) is 46.9 Å². The molecular formula is C16H17FINO2. The average molecular weight is 401 g/mol. The lowest BCUT2D eigenvalue weighted by atomic mass is 10.2. The van der Waals surface area contributed by atoms with E-state index in [1.807, 2.05) is 24.3 Å². The molecule has 0 aromatic heterocycles. The summed E-state index contributed by atoms with van der Waals surface area (Å²) in [5.41, 5.74) is 1.45.